The van der Waals surface area contributed by atoms with Crippen molar-refractivity contribution in [2.45, 2.75) is 0 Å². The van der Waals surface area contributed by atoms with Gasteiger partial charge < -0.3 is 14.5 Å². The van der Waals surface area contributed by atoms with E-state index in [4.69, 9.17) is 21.1 Å². The Balaban J connectivity index is 1.63. The van der Waals surface area contributed by atoms with E-state index in [-0.39, 0.29) is 12.3 Å². The predicted molar refractivity (Wildman–Crippen MR) is 84.3 cm³/mol. The Bertz CT molecular complexity index is 700. The van der Waals surface area contributed by atoms with Crippen molar-refractivity contribution in [3.63, 3.8) is 0 Å². The fourth-order valence-electron chi connectivity index (χ4n) is 1.56. The molecule has 0 saturated heterocycles. The standard InChI is InChI=1S/C15H14ClN3O5/c16-10-3-5-11(6-4-10)23-8-13(20)18-19-14(21)9-24-15(22)12-2-1-7-17-12/h1-7,17H,8-9H2,(H,18,20)(H,19,21). The van der Waals surface area contributed by atoms with Crippen LogP contribution >= 0.6 is 11.6 Å². The highest BCUT2D eigenvalue weighted by Gasteiger charge is 2.11. The van der Waals surface area contributed by atoms with Crippen LogP contribution in [0.2, 0.25) is 5.02 Å². The van der Waals surface area contributed by atoms with Gasteiger partial charge in [-0.05, 0) is 36.4 Å². The van der Waals surface area contributed by atoms with Gasteiger partial charge in [-0.25, -0.2) is 4.79 Å². The normalized spacial score (nSPS) is 9.88. The number of esters is 1. The number of hydrogen-bond donors (Lipinski definition) is 3. The van der Waals surface area contributed by atoms with Crippen molar-refractivity contribution in [2.75, 3.05) is 13.2 Å². The van der Waals surface area contributed by atoms with Crippen LogP contribution < -0.4 is 15.6 Å². The lowest BCUT2D eigenvalue weighted by Gasteiger charge is -2.09. The summed E-state index contributed by atoms with van der Waals surface area (Å²) < 4.78 is 9.93. The lowest BCUT2D eigenvalue weighted by molar-refractivity contribution is -0.131. The van der Waals surface area contributed by atoms with Crippen molar-refractivity contribution in [2.24, 2.45) is 0 Å². The van der Waals surface area contributed by atoms with E-state index in [0.29, 0.717) is 10.8 Å². The Hall–Kier alpha value is -3.00. The van der Waals surface area contributed by atoms with Crippen LogP contribution in [0.1, 0.15) is 10.5 Å². The van der Waals surface area contributed by atoms with Gasteiger partial charge in [0.2, 0.25) is 0 Å². The highest BCUT2D eigenvalue weighted by molar-refractivity contribution is 6.30. The Kier molecular flexibility index (Phi) is 6.21. The summed E-state index contributed by atoms with van der Waals surface area (Å²) in [6.45, 7) is -0.833. The molecule has 0 bridgehead atoms. The van der Waals surface area contributed by atoms with Crippen molar-refractivity contribution < 1.29 is 23.9 Å². The van der Waals surface area contributed by atoms with Crippen LogP contribution in [0.25, 0.3) is 0 Å². The van der Waals surface area contributed by atoms with Crippen LogP contribution in [0.5, 0.6) is 5.75 Å². The molecule has 0 fully saturated rings. The van der Waals surface area contributed by atoms with E-state index in [0.717, 1.165) is 0 Å². The molecule has 1 aromatic carbocycles. The number of aromatic nitrogens is 1. The molecule has 8 nitrogen and oxygen atoms in total. The van der Waals surface area contributed by atoms with E-state index in [9.17, 15) is 14.4 Å². The third-order valence-corrected chi connectivity index (χ3v) is 2.93. The van der Waals surface area contributed by atoms with Crippen molar-refractivity contribution >= 4 is 29.4 Å². The number of nitrogens with one attached hydrogen (secondary N) is 3. The molecule has 1 heterocycles. The van der Waals surface area contributed by atoms with Crippen LogP contribution in [0, 0.1) is 0 Å². The zero-order chi connectivity index (χ0) is 17.4. The summed E-state index contributed by atoms with van der Waals surface area (Å²) in [5.41, 5.74) is 4.46. The molecule has 2 aromatic rings. The van der Waals surface area contributed by atoms with Gasteiger partial charge in [0.1, 0.15) is 11.4 Å². The molecule has 24 heavy (non-hydrogen) atoms. The van der Waals surface area contributed by atoms with Gasteiger partial charge in [-0.2, -0.15) is 0 Å². The summed E-state index contributed by atoms with van der Waals surface area (Å²) >= 11 is 5.72. The van der Waals surface area contributed by atoms with Crippen molar-refractivity contribution in [1.29, 1.82) is 0 Å². The minimum Gasteiger partial charge on any atom is -0.484 e. The third-order valence-electron chi connectivity index (χ3n) is 2.68. The molecule has 126 valence electrons. The molecule has 0 saturated carbocycles. The maximum Gasteiger partial charge on any atom is 0.355 e. The van der Waals surface area contributed by atoms with Crippen LogP contribution in [0.4, 0.5) is 0 Å². The van der Waals surface area contributed by atoms with Gasteiger partial charge in [0.25, 0.3) is 11.8 Å². The summed E-state index contributed by atoms with van der Waals surface area (Å²) in [4.78, 5) is 37.1. The van der Waals surface area contributed by atoms with Gasteiger partial charge in [0, 0.05) is 11.2 Å². The lowest BCUT2D eigenvalue weighted by Crippen LogP contribution is -2.45. The maximum atomic E-state index is 11.5. The second-order valence-corrected chi connectivity index (χ2v) is 4.94. The Morgan fingerprint density at radius 1 is 1.00 bits per heavy atom. The highest BCUT2D eigenvalue weighted by Crippen LogP contribution is 2.15. The number of halogens is 1. The Labute approximate surface area is 142 Å². The number of hydrazine groups is 1. The van der Waals surface area contributed by atoms with Gasteiger partial charge in [0.15, 0.2) is 13.2 Å². The Morgan fingerprint density at radius 2 is 1.67 bits per heavy atom. The molecule has 9 heteroatoms. The molecule has 0 aliphatic rings. The summed E-state index contributed by atoms with van der Waals surface area (Å²) in [6, 6.07) is 9.58. The second-order valence-electron chi connectivity index (χ2n) is 4.50. The first kappa shape index (κ1) is 17.4. The molecule has 0 radical (unpaired) electrons. The number of aromatic amines is 1. The SMILES string of the molecule is O=C(COC(=O)c1ccc[nH]1)NNC(=O)COc1ccc(Cl)cc1. The summed E-state index contributed by atoms with van der Waals surface area (Å²) in [5.74, 6) is -1.47. The van der Waals surface area contributed by atoms with E-state index in [1.165, 1.54) is 6.07 Å². The number of carbonyl (C=O) groups excluding carboxylic acids is 3. The minimum atomic E-state index is -0.685. The van der Waals surface area contributed by atoms with E-state index < -0.39 is 24.4 Å². The second kappa shape index (κ2) is 8.59. The summed E-state index contributed by atoms with van der Waals surface area (Å²) in [6.07, 6.45) is 1.55. The monoisotopic (exact) mass is 351 g/mol. The number of benzene rings is 1. The first-order chi connectivity index (χ1) is 11.5. The molecule has 0 aliphatic heterocycles. The number of ether oxygens (including phenoxy) is 2. The average molecular weight is 352 g/mol. The van der Waals surface area contributed by atoms with E-state index in [1.54, 1.807) is 36.5 Å². The van der Waals surface area contributed by atoms with Crippen molar-refractivity contribution in [3.05, 3.63) is 53.3 Å². The zero-order valence-corrected chi connectivity index (χ0v) is 13.1. The van der Waals surface area contributed by atoms with Gasteiger partial charge >= 0.3 is 5.97 Å². The molecule has 2 amide bonds. The van der Waals surface area contributed by atoms with Gasteiger partial charge in [-0.15, -0.1) is 0 Å². The van der Waals surface area contributed by atoms with Gasteiger partial charge in [0.05, 0.1) is 0 Å². The molecule has 0 atom stereocenters. The van der Waals surface area contributed by atoms with E-state index in [1.807, 2.05) is 0 Å². The quantitative estimate of drug-likeness (QED) is 0.532. The average Bonchev–Trinajstić information content (AvgIpc) is 3.12. The molecule has 0 unspecified atom stereocenters. The predicted octanol–water partition coefficient (Wildman–Crippen LogP) is 1.05. The fraction of sp³-hybridized carbons (Fsp3) is 0.133. The first-order valence-corrected chi connectivity index (χ1v) is 7.19. The molecular weight excluding hydrogens is 338 g/mol. The first-order valence-electron chi connectivity index (χ1n) is 6.81. The topological polar surface area (TPSA) is 110 Å². The summed E-state index contributed by atoms with van der Waals surface area (Å²) in [5, 5.41) is 0.549. The van der Waals surface area contributed by atoms with Crippen molar-refractivity contribution in [3.8, 4) is 5.75 Å². The molecule has 2 rings (SSSR count). The molecule has 1 aromatic heterocycles. The lowest BCUT2D eigenvalue weighted by atomic mass is 10.3. The van der Waals surface area contributed by atoms with Crippen LogP contribution in [0.15, 0.2) is 42.6 Å². The number of carbonyl (C=O) groups is 3. The molecular formula is C15H14ClN3O5. The summed E-state index contributed by atoms with van der Waals surface area (Å²) in [7, 11) is 0. The van der Waals surface area contributed by atoms with Crippen LogP contribution in [0.3, 0.4) is 0 Å². The molecule has 0 spiro atoms. The minimum absolute atomic E-state index is 0.225. The number of hydrogen-bond acceptors (Lipinski definition) is 5. The molecule has 3 N–H and O–H groups in total. The molecule has 0 aliphatic carbocycles. The van der Waals surface area contributed by atoms with Crippen molar-refractivity contribution in [1.82, 2.24) is 15.8 Å². The number of amides is 2. The Morgan fingerprint density at radius 3 is 2.29 bits per heavy atom. The maximum absolute atomic E-state index is 11.5. The van der Waals surface area contributed by atoms with Crippen LogP contribution in [-0.4, -0.2) is 36.0 Å². The zero-order valence-electron chi connectivity index (χ0n) is 12.4. The van der Waals surface area contributed by atoms with E-state index >= 15 is 0 Å². The smallest absolute Gasteiger partial charge is 0.355 e. The van der Waals surface area contributed by atoms with Crippen LogP contribution in [-0.2, 0) is 14.3 Å². The third kappa shape index (κ3) is 5.65. The number of H-pyrrole nitrogens is 1. The number of rotatable bonds is 6. The highest BCUT2D eigenvalue weighted by atomic mass is 35.5. The largest absolute Gasteiger partial charge is 0.484 e. The van der Waals surface area contributed by atoms with Gasteiger partial charge in [-0.1, -0.05) is 11.6 Å². The fourth-order valence-corrected chi connectivity index (χ4v) is 1.68. The van der Waals surface area contributed by atoms with E-state index in [2.05, 4.69) is 15.8 Å². The van der Waals surface area contributed by atoms with Gasteiger partial charge in [-0.3, -0.25) is 20.4 Å².